The highest BCUT2D eigenvalue weighted by molar-refractivity contribution is 8.00. The average Bonchev–Trinajstić information content (AvgIpc) is 2.51. The normalized spacial score (nSPS) is 18.6. The number of benzene rings is 1. The fourth-order valence-electron chi connectivity index (χ4n) is 2.23. The second-order valence-corrected chi connectivity index (χ2v) is 6.18. The van der Waals surface area contributed by atoms with Gasteiger partial charge >= 0.3 is 6.18 Å². The molecule has 0 spiro atoms. The summed E-state index contributed by atoms with van der Waals surface area (Å²) in [6.07, 6.45) is -4.63. The lowest BCUT2D eigenvalue weighted by Crippen LogP contribution is -2.45. The zero-order valence-corrected chi connectivity index (χ0v) is 13.2. The van der Waals surface area contributed by atoms with E-state index in [0.717, 1.165) is 23.9 Å². The summed E-state index contributed by atoms with van der Waals surface area (Å²) in [5.41, 5.74) is -1.40. The maximum absolute atomic E-state index is 12.9. The molecule has 4 nitrogen and oxygen atoms in total. The van der Waals surface area contributed by atoms with Gasteiger partial charge in [0.05, 0.1) is 35.7 Å². The van der Waals surface area contributed by atoms with Crippen molar-refractivity contribution in [1.29, 1.82) is 5.26 Å². The smallest absolute Gasteiger partial charge is 0.375 e. The van der Waals surface area contributed by atoms with Crippen molar-refractivity contribution < 1.29 is 22.7 Å². The van der Waals surface area contributed by atoms with Crippen molar-refractivity contribution in [3.63, 3.8) is 0 Å². The number of amides is 1. The van der Waals surface area contributed by atoms with Gasteiger partial charge in [0.25, 0.3) is 0 Å². The Hall–Kier alpha value is -1.72. The SMILES string of the molecule is CC1CN(C(=O)CSc2ccc(C#N)c(C(F)(F)F)c2)CCO1. The van der Waals surface area contributed by atoms with E-state index in [9.17, 15) is 18.0 Å². The van der Waals surface area contributed by atoms with Crippen LogP contribution in [0.4, 0.5) is 13.2 Å². The molecule has 1 unspecified atom stereocenters. The third-order valence-electron chi connectivity index (χ3n) is 3.37. The van der Waals surface area contributed by atoms with Crippen LogP contribution in [0.2, 0.25) is 0 Å². The molecule has 1 atom stereocenters. The maximum atomic E-state index is 12.9. The van der Waals surface area contributed by atoms with Crippen LogP contribution in [0.15, 0.2) is 23.1 Å². The first-order valence-electron chi connectivity index (χ1n) is 6.95. The van der Waals surface area contributed by atoms with E-state index in [1.54, 1.807) is 4.90 Å². The van der Waals surface area contributed by atoms with Crippen molar-refractivity contribution in [2.24, 2.45) is 0 Å². The van der Waals surface area contributed by atoms with Gasteiger partial charge in [0, 0.05) is 18.0 Å². The average molecular weight is 344 g/mol. The maximum Gasteiger partial charge on any atom is 0.417 e. The largest absolute Gasteiger partial charge is 0.417 e. The van der Waals surface area contributed by atoms with Gasteiger partial charge in [-0.2, -0.15) is 18.4 Å². The van der Waals surface area contributed by atoms with Crippen LogP contribution in [0.1, 0.15) is 18.1 Å². The second kappa shape index (κ2) is 7.23. The van der Waals surface area contributed by atoms with Gasteiger partial charge < -0.3 is 9.64 Å². The molecule has 2 rings (SSSR count). The number of thioether (sulfide) groups is 1. The van der Waals surface area contributed by atoms with Crippen molar-refractivity contribution in [1.82, 2.24) is 4.90 Å². The van der Waals surface area contributed by atoms with Gasteiger partial charge in [0.15, 0.2) is 0 Å². The summed E-state index contributed by atoms with van der Waals surface area (Å²) in [5.74, 6) is -0.0845. The number of morpholine rings is 1. The molecule has 0 aliphatic carbocycles. The van der Waals surface area contributed by atoms with E-state index < -0.39 is 17.3 Å². The first-order valence-corrected chi connectivity index (χ1v) is 7.93. The summed E-state index contributed by atoms with van der Waals surface area (Å²) in [7, 11) is 0. The van der Waals surface area contributed by atoms with Crippen molar-refractivity contribution in [2.75, 3.05) is 25.4 Å². The molecule has 124 valence electrons. The lowest BCUT2D eigenvalue weighted by atomic mass is 10.1. The molecule has 1 aliphatic heterocycles. The van der Waals surface area contributed by atoms with E-state index in [4.69, 9.17) is 10.00 Å². The van der Waals surface area contributed by atoms with Crippen LogP contribution >= 0.6 is 11.8 Å². The summed E-state index contributed by atoms with van der Waals surface area (Å²) >= 11 is 1.03. The second-order valence-electron chi connectivity index (χ2n) is 5.13. The Bertz CT molecular complexity index is 628. The lowest BCUT2D eigenvalue weighted by Gasteiger charge is -2.31. The van der Waals surface area contributed by atoms with E-state index in [-0.39, 0.29) is 17.8 Å². The monoisotopic (exact) mass is 344 g/mol. The number of carbonyl (C=O) groups is 1. The highest BCUT2D eigenvalue weighted by Gasteiger charge is 2.34. The third-order valence-corrected chi connectivity index (χ3v) is 4.35. The minimum absolute atomic E-state index is 0.0376. The van der Waals surface area contributed by atoms with E-state index in [0.29, 0.717) is 24.6 Å². The summed E-state index contributed by atoms with van der Waals surface area (Å²) in [5, 5.41) is 8.76. The van der Waals surface area contributed by atoms with Crippen molar-refractivity contribution in [3.8, 4) is 6.07 Å². The fraction of sp³-hybridized carbons (Fsp3) is 0.467. The van der Waals surface area contributed by atoms with Gasteiger partial charge in [-0.25, -0.2) is 0 Å². The number of nitrogens with zero attached hydrogens (tertiary/aromatic N) is 2. The molecule has 1 heterocycles. The predicted molar refractivity (Wildman–Crippen MR) is 78.9 cm³/mol. The number of rotatable bonds is 3. The van der Waals surface area contributed by atoms with E-state index in [2.05, 4.69) is 0 Å². The topological polar surface area (TPSA) is 53.3 Å². The molecule has 0 N–H and O–H groups in total. The van der Waals surface area contributed by atoms with Crippen LogP contribution < -0.4 is 0 Å². The number of halogens is 3. The molecule has 0 radical (unpaired) electrons. The fourth-order valence-corrected chi connectivity index (χ4v) is 3.06. The molecular formula is C15H15F3N2O2S. The number of hydrogen-bond donors (Lipinski definition) is 0. The number of carbonyl (C=O) groups excluding carboxylic acids is 1. The van der Waals surface area contributed by atoms with Gasteiger partial charge in [0.1, 0.15) is 0 Å². The first kappa shape index (κ1) is 17.6. The Labute approximate surface area is 136 Å². The molecule has 8 heteroatoms. The van der Waals surface area contributed by atoms with Crippen LogP contribution in [0.25, 0.3) is 0 Å². The number of hydrogen-bond acceptors (Lipinski definition) is 4. The molecule has 1 saturated heterocycles. The molecule has 0 saturated carbocycles. The van der Waals surface area contributed by atoms with Crippen LogP contribution in [0.5, 0.6) is 0 Å². The van der Waals surface area contributed by atoms with Crippen molar-refractivity contribution in [3.05, 3.63) is 29.3 Å². The minimum atomic E-state index is -4.59. The van der Waals surface area contributed by atoms with E-state index in [1.165, 1.54) is 12.1 Å². The van der Waals surface area contributed by atoms with Crippen LogP contribution in [0.3, 0.4) is 0 Å². The predicted octanol–water partition coefficient (Wildman–Crippen LogP) is 2.92. The summed E-state index contributed by atoms with van der Waals surface area (Å²) < 4.78 is 44.0. The van der Waals surface area contributed by atoms with Crippen LogP contribution in [0, 0.1) is 11.3 Å². The van der Waals surface area contributed by atoms with Crippen molar-refractivity contribution >= 4 is 17.7 Å². The Morgan fingerprint density at radius 2 is 2.26 bits per heavy atom. The summed E-state index contributed by atoms with van der Waals surface area (Å²) in [6, 6.07) is 5.00. The molecule has 23 heavy (non-hydrogen) atoms. The highest BCUT2D eigenvalue weighted by atomic mass is 32.2. The molecule has 1 aliphatic rings. The number of alkyl halides is 3. The highest BCUT2D eigenvalue weighted by Crippen LogP contribution is 2.34. The molecule has 1 amide bonds. The molecular weight excluding hydrogens is 329 g/mol. The molecule has 0 bridgehead atoms. The third kappa shape index (κ3) is 4.62. The zero-order valence-electron chi connectivity index (χ0n) is 12.4. The quantitative estimate of drug-likeness (QED) is 0.791. The Morgan fingerprint density at radius 1 is 1.52 bits per heavy atom. The van der Waals surface area contributed by atoms with Gasteiger partial charge in [-0.15, -0.1) is 11.8 Å². The van der Waals surface area contributed by atoms with E-state index >= 15 is 0 Å². The molecule has 1 aromatic carbocycles. The van der Waals surface area contributed by atoms with Gasteiger partial charge in [-0.3, -0.25) is 4.79 Å². The Balaban J connectivity index is 2.03. The Morgan fingerprint density at radius 3 is 2.87 bits per heavy atom. The number of nitriles is 1. The van der Waals surface area contributed by atoms with Crippen LogP contribution in [-0.2, 0) is 15.7 Å². The molecule has 0 aromatic heterocycles. The number of ether oxygens (including phenoxy) is 1. The van der Waals surface area contributed by atoms with E-state index in [1.807, 2.05) is 6.92 Å². The molecule has 1 fully saturated rings. The standard InChI is InChI=1S/C15H15F3N2O2S/c1-10-8-20(4-5-22-10)14(21)9-23-12-3-2-11(7-19)13(6-12)15(16,17)18/h2-3,6,10H,4-5,8-9H2,1H3. The first-order chi connectivity index (χ1) is 10.8. The van der Waals surface area contributed by atoms with Gasteiger partial charge in [-0.1, -0.05) is 0 Å². The zero-order chi connectivity index (χ0) is 17.0. The van der Waals surface area contributed by atoms with Crippen LogP contribution in [-0.4, -0.2) is 42.4 Å². The van der Waals surface area contributed by atoms with Gasteiger partial charge in [-0.05, 0) is 25.1 Å². The summed E-state index contributed by atoms with van der Waals surface area (Å²) in [6.45, 7) is 3.31. The minimum Gasteiger partial charge on any atom is -0.375 e. The summed E-state index contributed by atoms with van der Waals surface area (Å²) in [4.78, 5) is 14.1. The van der Waals surface area contributed by atoms with Gasteiger partial charge in [0.2, 0.25) is 5.91 Å². The molecule has 1 aromatic rings. The lowest BCUT2D eigenvalue weighted by molar-refractivity contribution is -0.138. The Kier molecular flexibility index (Phi) is 5.55. The van der Waals surface area contributed by atoms with Crippen molar-refractivity contribution in [2.45, 2.75) is 24.1 Å².